The highest BCUT2D eigenvalue weighted by Gasteiger charge is 2.23. The quantitative estimate of drug-likeness (QED) is 0.399. The number of nitro benzene ring substituents is 1. The van der Waals surface area contributed by atoms with Crippen LogP contribution < -0.4 is 16.0 Å². The summed E-state index contributed by atoms with van der Waals surface area (Å²) in [5.41, 5.74) is -2.99. The predicted octanol–water partition coefficient (Wildman–Crippen LogP) is -0.470. The molecule has 2 aromatic rings. The van der Waals surface area contributed by atoms with E-state index < -0.39 is 51.7 Å². The van der Waals surface area contributed by atoms with Crippen molar-refractivity contribution in [3.63, 3.8) is 0 Å². The lowest BCUT2D eigenvalue weighted by Gasteiger charge is -2.10. The first-order valence-electron chi connectivity index (χ1n) is 6.59. The van der Waals surface area contributed by atoms with Crippen LogP contribution in [0.3, 0.4) is 0 Å². The molecule has 11 nitrogen and oxygen atoms in total. The summed E-state index contributed by atoms with van der Waals surface area (Å²) >= 11 is 0. The van der Waals surface area contributed by atoms with Gasteiger partial charge in [0.25, 0.3) is 5.56 Å². The van der Waals surface area contributed by atoms with E-state index >= 15 is 0 Å². The van der Waals surface area contributed by atoms with E-state index in [0.717, 1.165) is 20.4 Å². The lowest BCUT2D eigenvalue weighted by molar-refractivity contribution is -0.385. The number of halogens is 1. The molecular weight excluding hydrogens is 343 g/mol. The maximum atomic E-state index is 14.3. The highest BCUT2D eigenvalue weighted by atomic mass is 19.1. The molecule has 1 aromatic heterocycles. The molecule has 0 aliphatic heterocycles. The van der Waals surface area contributed by atoms with Crippen molar-refractivity contribution in [1.29, 1.82) is 0 Å². The van der Waals surface area contributed by atoms with Crippen LogP contribution in [0, 0.1) is 15.9 Å². The van der Waals surface area contributed by atoms with Crippen LogP contribution in [0.2, 0.25) is 0 Å². The largest absolute Gasteiger partial charge is 0.475 e. The van der Waals surface area contributed by atoms with E-state index in [4.69, 9.17) is 4.74 Å². The Morgan fingerprint density at radius 2 is 2.08 bits per heavy atom. The van der Waals surface area contributed by atoms with Gasteiger partial charge in [-0.2, -0.15) is 9.78 Å². The normalized spacial score (nSPS) is 10.4. The number of carbonyl (C=O) groups excluding carboxylic acids is 1. The first-order chi connectivity index (χ1) is 11.8. The molecule has 0 saturated carbocycles. The van der Waals surface area contributed by atoms with Gasteiger partial charge < -0.3 is 9.47 Å². The monoisotopic (exact) mass is 354 g/mol. The van der Waals surface area contributed by atoms with Crippen molar-refractivity contribution >= 4 is 11.7 Å². The second-order valence-corrected chi connectivity index (χ2v) is 4.63. The maximum absolute atomic E-state index is 14.3. The van der Waals surface area contributed by atoms with Crippen LogP contribution in [0.4, 0.5) is 10.1 Å². The Bertz CT molecular complexity index is 966. The van der Waals surface area contributed by atoms with Gasteiger partial charge in [0.15, 0.2) is 12.4 Å². The Kier molecular flexibility index (Phi) is 4.91. The molecule has 1 heterocycles. The van der Waals surface area contributed by atoms with E-state index in [2.05, 4.69) is 9.84 Å². The number of benzene rings is 1. The molecule has 0 atom stereocenters. The number of aromatic nitrogens is 3. The van der Waals surface area contributed by atoms with Gasteiger partial charge in [-0.3, -0.25) is 19.5 Å². The lowest BCUT2D eigenvalue weighted by Crippen LogP contribution is -2.38. The summed E-state index contributed by atoms with van der Waals surface area (Å²) in [5, 5.41) is 14.6. The summed E-state index contributed by atoms with van der Waals surface area (Å²) in [4.78, 5) is 44.7. The van der Waals surface area contributed by atoms with Gasteiger partial charge in [-0.15, -0.1) is 0 Å². The molecule has 0 aliphatic rings. The minimum absolute atomic E-state index is 0.494. The third kappa shape index (κ3) is 3.52. The van der Waals surface area contributed by atoms with Gasteiger partial charge in [0.05, 0.1) is 12.0 Å². The van der Waals surface area contributed by atoms with Crippen LogP contribution in [0.5, 0.6) is 5.75 Å². The number of nitrogens with zero attached hydrogens (tertiary/aromatic N) is 4. The van der Waals surface area contributed by atoms with E-state index in [-0.39, 0.29) is 0 Å². The van der Waals surface area contributed by atoms with Crippen molar-refractivity contribution in [2.75, 3.05) is 13.7 Å². The van der Waals surface area contributed by atoms with E-state index in [1.807, 2.05) is 0 Å². The second kappa shape index (κ2) is 6.90. The van der Waals surface area contributed by atoms with Crippen molar-refractivity contribution < 1.29 is 23.6 Å². The Morgan fingerprint density at radius 3 is 2.68 bits per heavy atom. The first-order valence-corrected chi connectivity index (χ1v) is 6.59. The molecule has 0 unspecified atom stereocenters. The van der Waals surface area contributed by atoms with E-state index in [9.17, 15) is 28.9 Å². The van der Waals surface area contributed by atoms with Gasteiger partial charge >= 0.3 is 17.3 Å². The van der Waals surface area contributed by atoms with Crippen LogP contribution in [0.1, 0.15) is 0 Å². The van der Waals surface area contributed by atoms with Crippen LogP contribution in [-0.4, -0.2) is 39.0 Å². The molecule has 0 fully saturated rings. The molecule has 2 rings (SSSR count). The number of rotatable bonds is 5. The summed E-state index contributed by atoms with van der Waals surface area (Å²) < 4.78 is 24.6. The zero-order valence-electron chi connectivity index (χ0n) is 13.0. The summed E-state index contributed by atoms with van der Waals surface area (Å²) in [6.45, 7) is -0.672. The second-order valence-electron chi connectivity index (χ2n) is 4.63. The van der Waals surface area contributed by atoms with Gasteiger partial charge in [0.1, 0.15) is 11.9 Å². The van der Waals surface area contributed by atoms with E-state index in [1.165, 1.54) is 0 Å². The van der Waals surface area contributed by atoms with Crippen LogP contribution in [0.15, 0.2) is 27.9 Å². The number of nitro groups is 1. The highest BCUT2D eigenvalue weighted by Crippen LogP contribution is 2.31. The number of esters is 1. The standard InChI is InChI=1S/C13H11FN4O7/c1-16-11(19)5-15-17(13(16)21)8-4-9(18(22)23)10(3-7(8)14)25-6-12(20)24-2/h3-5H,6H2,1-2H3. The van der Waals surface area contributed by atoms with Crippen LogP contribution in [-0.2, 0) is 16.6 Å². The molecule has 1 aromatic carbocycles. The molecule has 12 heteroatoms. The summed E-state index contributed by atoms with van der Waals surface area (Å²) in [7, 11) is 2.23. The Balaban J connectivity index is 2.59. The third-order valence-electron chi connectivity index (χ3n) is 3.11. The molecule has 132 valence electrons. The van der Waals surface area contributed by atoms with Crippen molar-refractivity contribution in [3.8, 4) is 11.4 Å². The van der Waals surface area contributed by atoms with Crippen LogP contribution in [0.25, 0.3) is 5.69 Å². The van der Waals surface area contributed by atoms with Crippen LogP contribution >= 0.6 is 0 Å². The molecule has 0 bridgehead atoms. The SMILES string of the molecule is COC(=O)COc1cc(F)c(-n2ncc(=O)n(C)c2=O)cc1[N+](=O)[O-]. The Hall–Kier alpha value is -3.57. The summed E-state index contributed by atoms with van der Waals surface area (Å²) in [6, 6.07) is 1.34. The molecule has 0 N–H and O–H groups in total. The molecule has 25 heavy (non-hydrogen) atoms. The zero-order chi connectivity index (χ0) is 18.7. The predicted molar refractivity (Wildman–Crippen MR) is 79.2 cm³/mol. The van der Waals surface area contributed by atoms with Crippen molar-refractivity contribution in [2.24, 2.45) is 7.05 Å². The topological polar surface area (TPSA) is 136 Å². The fraction of sp³-hybridized carbons (Fsp3) is 0.231. The lowest BCUT2D eigenvalue weighted by atomic mass is 10.2. The first kappa shape index (κ1) is 17.8. The number of carbonyl (C=O) groups is 1. The molecule has 0 radical (unpaired) electrons. The zero-order valence-corrected chi connectivity index (χ0v) is 13.0. The summed E-state index contributed by atoms with van der Waals surface area (Å²) in [6.07, 6.45) is 0.758. The fourth-order valence-corrected chi connectivity index (χ4v) is 1.79. The van der Waals surface area contributed by atoms with Gasteiger partial charge in [-0.25, -0.2) is 14.0 Å². The molecular formula is C13H11FN4O7. The average molecular weight is 354 g/mol. The van der Waals surface area contributed by atoms with Gasteiger partial charge in [0.2, 0.25) is 5.75 Å². The van der Waals surface area contributed by atoms with Gasteiger partial charge in [0, 0.05) is 19.2 Å². The number of methoxy groups -OCH3 is 1. The Morgan fingerprint density at radius 1 is 1.40 bits per heavy atom. The van der Waals surface area contributed by atoms with E-state index in [0.29, 0.717) is 21.4 Å². The van der Waals surface area contributed by atoms with Crippen molar-refractivity contribution in [3.05, 3.63) is 55.1 Å². The minimum atomic E-state index is -1.08. The molecule has 0 amide bonds. The summed E-state index contributed by atoms with van der Waals surface area (Å²) in [5.74, 6) is -2.44. The third-order valence-corrected chi connectivity index (χ3v) is 3.11. The highest BCUT2D eigenvalue weighted by molar-refractivity contribution is 5.71. The number of hydrogen-bond acceptors (Lipinski definition) is 8. The minimum Gasteiger partial charge on any atom is -0.475 e. The van der Waals surface area contributed by atoms with Crippen molar-refractivity contribution in [1.82, 2.24) is 14.3 Å². The maximum Gasteiger partial charge on any atom is 0.352 e. The van der Waals surface area contributed by atoms with Crippen molar-refractivity contribution in [2.45, 2.75) is 0 Å². The fourth-order valence-electron chi connectivity index (χ4n) is 1.79. The smallest absolute Gasteiger partial charge is 0.352 e. The van der Waals surface area contributed by atoms with Gasteiger partial charge in [-0.05, 0) is 0 Å². The molecule has 0 spiro atoms. The molecule has 0 saturated heterocycles. The molecule has 0 aliphatic carbocycles. The average Bonchev–Trinajstić information content (AvgIpc) is 2.58. The number of hydrogen-bond donors (Lipinski definition) is 0. The van der Waals surface area contributed by atoms with E-state index in [1.54, 1.807) is 0 Å². The number of ether oxygens (including phenoxy) is 2. The Labute approximate surface area is 138 Å². The van der Waals surface area contributed by atoms with Gasteiger partial charge in [-0.1, -0.05) is 0 Å².